The molecule has 0 aromatic carbocycles. The van der Waals surface area contributed by atoms with Crippen LogP contribution in [0.2, 0.25) is 0 Å². The number of aliphatic imine (C=N–C) groups is 1. The predicted octanol–water partition coefficient (Wildman–Crippen LogP) is 2.67. The minimum Gasteiger partial charge on any atom is -0.381 e. The number of nitrogens with zero attached hydrogens (tertiary/aromatic N) is 1. The number of rotatable bonds is 6. The van der Waals surface area contributed by atoms with E-state index < -0.39 is 0 Å². The van der Waals surface area contributed by atoms with Gasteiger partial charge in [-0.25, -0.2) is 4.99 Å². The highest BCUT2D eigenvalue weighted by Crippen LogP contribution is 2.39. The molecule has 4 heteroatoms. The van der Waals surface area contributed by atoms with Crippen LogP contribution in [0.15, 0.2) is 17.3 Å². The van der Waals surface area contributed by atoms with Crippen molar-refractivity contribution in [3.8, 4) is 0 Å². The Balaban J connectivity index is 2.58. The molecule has 2 unspecified atom stereocenters. The number of carbonyl (C=O) groups excluding carboxylic acids is 1. The zero-order valence-corrected chi connectivity index (χ0v) is 11.0. The molecule has 0 aliphatic heterocycles. The second kappa shape index (κ2) is 6.21. The first-order valence-electron chi connectivity index (χ1n) is 5.51. The molecule has 0 radical (unpaired) electrons. The maximum absolute atomic E-state index is 11.7. The largest absolute Gasteiger partial charge is 0.381 e. The number of thioether (sulfide) groups is 1. The number of ketones is 1. The summed E-state index contributed by atoms with van der Waals surface area (Å²) < 4.78 is 5.20. The Hall–Kier alpha value is -0.610. The molecule has 1 aliphatic carbocycles. The lowest BCUT2D eigenvalue weighted by molar-refractivity contribution is -0.112. The van der Waals surface area contributed by atoms with Crippen molar-refractivity contribution in [3.63, 3.8) is 0 Å². The van der Waals surface area contributed by atoms with Crippen molar-refractivity contribution in [2.24, 2.45) is 10.9 Å². The average molecular weight is 241 g/mol. The van der Waals surface area contributed by atoms with Gasteiger partial charge in [-0.1, -0.05) is 13.5 Å². The Bertz CT molecular complexity index is 312. The SMILES string of the molecule is C=C(/N=C(\SC)C(=O)CCC)C1CC1OC. The number of hydrogen-bond donors (Lipinski definition) is 0. The van der Waals surface area contributed by atoms with E-state index in [1.807, 2.05) is 13.2 Å². The highest BCUT2D eigenvalue weighted by molar-refractivity contribution is 8.15. The Kier molecular flexibility index (Phi) is 5.22. The molecule has 0 aromatic heterocycles. The summed E-state index contributed by atoms with van der Waals surface area (Å²) >= 11 is 1.40. The van der Waals surface area contributed by atoms with E-state index in [1.54, 1.807) is 7.11 Å². The second-order valence-corrected chi connectivity index (χ2v) is 4.70. The molecule has 0 aromatic rings. The predicted molar refractivity (Wildman–Crippen MR) is 68.9 cm³/mol. The molecule has 1 rings (SSSR count). The monoisotopic (exact) mass is 241 g/mol. The van der Waals surface area contributed by atoms with Crippen LogP contribution in [0.3, 0.4) is 0 Å². The van der Waals surface area contributed by atoms with Gasteiger partial charge in [0.2, 0.25) is 0 Å². The van der Waals surface area contributed by atoms with Crippen LogP contribution in [0, 0.1) is 5.92 Å². The van der Waals surface area contributed by atoms with Crippen molar-refractivity contribution in [1.29, 1.82) is 0 Å². The molecule has 2 atom stereocenters. The van der Waals surface area contributed by atoms with E-state index in [2.05, 4.69) is 11.6 Å². The molecule has 0 saturated heterocycles. The standard InChI is InChI=1S/C12H19NO2S/c1-5-6-10(14)12(16-4)13-8(2)9-7-11(9)15-3/h9,11H,2,5-7H2,1,3-4H3/b13-12-. The van der Waals surface area contributed by atoms with E-state index in [9.17, 15) is 4.79 Å². The fourth-order valence-electron chi connectivity index (χ4n) is 1.55. The maximum Gasteiger partial charge on any atom is 0.187 e. The van der Waals surface area contributed by atoms with Crippen LogP contribution in [0.5, 0.6) is 0 Å². The Morgan fingerprint density at radius 3 is 2.75 bits per heavy atom. The molecule has 0 spiro atoms. The maximum atomic E-state index is 11.7. The van der Waals surface area contributed by atoms with E-state index in [0.717, 1.165) is 18.5 Å². The van der Waals surface area contributed by atoms with Crippen LogP contribution in [0.4, 0.5) is 0 Å². The summed E-state index contributed by atoms with van der Waals surface area (Å²) in [6, 6.07) is 0. The van der Waals surface area contributed by atoms with E-state index >= 15 is 0 Å². The summed E-state index contributed by atoms with van der Waals surface area (Å²) in [5.41, 5.74) is 0.778. The van der Waals surface area contributed by atoms with Gasteiger partial charge in [0.1, 0.15) is 5.04 Å². The molecule has 1 saturated carbocycles. The molecule has 3 nitrogen and oxygen atoms in total. The number of ether oxygens (including phenoxy) is 1. The van der Waals surface area contributed by atoms with Crippen molar-refractivity contribution in [3.05, 3.63) is 12.3 Å². The number of carbonyl (C=O) groups is 1. The van der Waals surface area contributed by atoms with Gasteiger partial charge >= 0.3 is 0 Å². The zero-order valence-electron chi connectivity index (χ0n) is 10.2. The van der Waals surface area contributed by atoms with Gasteiger partial charge in [-0.05, 0) is 19.1 Å². The third kappa shape index (κ3) is 3.46. The van der Waals surface area contributed by atoms with Crippen LogP contribution < -0.4 is 0 Å². The van der Waals surface area contributed by atoms with Gasteiger partial charge in [-0.15, -0.1) is 11.8 Å². The highest BCUT2D eigenvalue weighted by atomic mass is 32.2. The fraction of sp³-hybridized carbons (Fsp3) is 0.667. The minimum atomic E-state index is 0.116. The quantitative estimate of drug-likeness (QED) is 0.530. The number of Topliss-reactive ketones (excluding diaryl/α,β-unsaturated/α-hetero) is 1. The first-order chi connectivity index (χ1) is 7.63. The zero-order chi connectivity index (χ0) is 12.1. The summed E-state index contributed by atoms with van der Waals surface area (Å²) in [4.78, 5) is 16.0. The lowest BCUT2D eigenvalue weighted by Gasteiger charge is -2.03. The van der Waals surface area contributed by atoms with Crippen molar-refractivity contribution < 1.29 is 9.53 Å². The number of hydrogen-bond acceptors (Lipinski definition) is 4. The molecule has 90 valence electrons. The fourth-order valence-corrected chi connectivity index (χ4v) is 2.09. The molecule has 16 heavy (non-hydrogen) atoms. The van der Waals surface area contributed by atoms with Crippen LogP contribution >= 0.6 is 11.8 Å². The average Bonchev–Trinajstić information content (AvgIpc) is 3.05. The molecule has 1 aliphatic rings. The molecule has 0 N–H and O–H groups in total. The molecule has 0 heterocycles. The van der Waals surface area contributed by atoms with Gasteiger partial charge in [0.05, 0.1) is 6.10 Å². The summed E-state index contributed by atoms with van der Waals surface area (Å²) in [5.74, 6) is 0.423. The van der Waals surface area contributed by atoms with Gasteiger partial charge < -0.3 is 4.74 Å². The van der Waals surface area contributed by atoms with Gasteiger partial charge in [-0.3, -0.25) is 4.79 Å². The summed E-state index contributed by atoms with van der Waals surface area (Å²) in [7, 11) is 1.69. The summed E-state index contributed by atoms with van der Waals surface area (Å²) in [6.07, 6.45) is 4.52. The van der Waals surface area contributed by atoms with Crippen LogP contribution in [-0.2, 0) is 9.53 Å². The lowest BCUT2D eigenvalue weighted by Crippen LogP contribution is -2.10. The van der Waals surface area contributed by atoms with Crippen LogP contribution in [-0.4, -0.2) is 30.3 Å². The van der Waals surface area contributed by atoms with Gasteiger partial charge in [0.15, 0.2) is 5.78 Å². The molecule has 0 amide bonds. The number of methoxy groups -OCH3 is 1. The summed E-state index contributed by atoms with van der Waals surface area (Å²) in [6.45, 7) is 5.90. The smallest absolute Gasteiger partial charge is 0.187 e. The van der Waals surface area contributed by atoms with Gasteiger partial charge in [-0.2, -0.15) is 0 Å². The van der Waals surface area contributed by atoms with Gasteiger partial charge in [0.25, 0.3) is 0 Å². The van der Waals surface area contributed by atoms with Crippen LogP contribution in [0.1, 0.15) is 26.2 Å². The molecular formula is C12H19NO2S. The van der Waals surface area contributed by atoms with E-state index in [4.69, 9.17) is 4.74 Å². The molecule has 1 fully saturated rings. The van der Waals surface area contributed by atoms with Crippen molar-refractivity contribution >= 4 is 22.6 Å². The minimum absolute atomic E-state index is 0.116. The normalized spacial score (nSPS) is 24.3. The first-order valence-corrected chi connectivity index (χ1v) is 6.74. The Morgan fingerprint density at radius 1 is 1.62 bits per heavy atom. The lowest BCUT2D eigenvalue weighted by atomic mass is 10.2. The van der Waals surface area contributed by atoms with Gasteiger partial charge in [0, 0.05) is 25.1 Å². The Morgan fingerprint density at radius 2 is 2.31 bits per heavy atom. The topological polar surface area (TPSA) is 38.7 Å². The van der Waals surface area contributed by atoms with Crippen molar-refractivity contribution in [2.75, 3.05) is 13.4 Å². The third-order valence-corrected chi connectivity index (χ3v) is 3.32. The van der Waals surface area contributed by atoms with E-state index in [0.29, 0.717) is 17.4 Å². The summed E-state index contributed by atoms with van der Waals surface area (Å²) in [5, 5.41) is 0.577. The Labute approximate surface area is 101 Å². The van der Waals surface area contributed by atoms with E-state index in [-0.39, 0.29) is 11.9 Å². The third-order valence-electron chi connectivity index (χ3n) is 2.62. The van der Waals surface area contributed by atoms with E-state index in [1.165, 1.54) is 11.8 Å². The second-order valence-electron chi connectivity index (χ2n) is 3.90. The first kappa shape index (κ1) is 13.5. The molecular weight excluding hydrogens is 222 g/mol. The van der Waals surface area contributed by atoms with Crippen molar-refractivity contribution in [1.82, 2.24) is 0 Å². The molecule has 0 bridgehead atoms. The van der Waals surface area contributed by atoms with Crippen molar-refractivity contribution in [2.45, 2.75) is 32.3 Å². The highest BCUT2D eigenvalue weighted by Gasteiger charge is 2.39. The van der Waals surface area contributed by atoms with Crippen LogP contribution in [0.25, 0.3) is 0 Å².